The predicted octanol–water partition coefficient (Wildman–Crippen LogP) is 4.99. The maximum Gasteiger partial charge on any atom is 0.419 e. The summed E-state index contributed by atoms with van der Waals surface area (Å²) in [5, 5.41) is 7.46. The van der Waals surface area contributed by atoms with Crippen LogP contribution >= 0.6 is 0 Å². The Bertz CT molecular complexity index is 851. The van der Waals surface area contributed by atoms with Crippen molar-refractivity contribution in [2.75, 3.05) is 13.2 Å². The van der Waals surface area contributed by atoms with E-state index in [9.17, 15) is 13.2 Å². The van der Waals surface area contributed by atoms with Crippen molar-refractivity contribution in [2.45, 2.75) is 19.0 Å². The molecule has 3 aromatic rings. The van der Waals surface area contributed by atoms with E-state index in [1.807, 2.05) is 12.1 Å². The Hall–Kier alpha value is -3.03. The highest BCUT2D eigenvalue weighted by Gasteiger charge is 2.33. The number of aromatic nitrogens is 2. The highest BCUT2D eigenvalue weighted by molar-refractivity contribution is 5.55. The summed E-state index contributed by atoms with van der Waals surface area (Å²) in [4.78, 5) is 0. The van der Waals surface area contributed by atoms with E-state index in [1.165, 1.54) is 24.6 Å². The van der Waals surface area contributed by atoms with Crippen molar-refractivity contribution < 1.29 is 27.1 Å². The lowest BCUT2D eigenvalue weighted by atomic mass is 10.2. The number of ether oxygens (including phenoxy) is 2. The Labute approximate surface area is 153 Å². The molecule has 0 unspecified atom stereocenters. The minimum atomic E-state index is -4.43. The van der Waals surface area contributed by atoms with E-state index in [1.54, 1.807) is 12.1 Å². The topological polar surface area (TPSA) is 57.4 Å². The first kappa shape index (κ1) is 18.8. The van der Waals surface area contributed by atoms with Gasteiger partial charge in [0.1, 0.15) is 11.5 Å². The third-order valence-electron chi connectivity index (χ3n) is 3.70. The average Bonchev–Trinajstić information content (AvgIpc) is 3.19. The average molecular weight is 378 g/mol. The van der Waals surface area contributed by atoms with Crippen LogP contribution in [0.15, 0.2) is 59.3 Å². The second-order valence-corrected chi connectivity index (χ2v) is 5.67. The minimum absolute atomic E-state index is 0.154. The van der Waals surface area contributed by atoms with E-state index in [-0.39, 0.29) is 12.4 Å². The lowest BCUT2D eigenvalue weighted by Gasteiger charge is -2.13. The number of hydrogen-bond acceptors (Lipinski definition) is 5. The molecule has 2 aromatic carbocycles. The molecule has 0 atom stereocenters. The number of halogens is 3. The molecule has 3 rings (SSSR count). The molecule has 1 heterocycles. The van der Waals surface area contributed by atoms with E-state index in [4.69, 9.17) is 13.9 Å². The van der Waals surface area contributed by atoms with Gasteiger partial charge in [-0.15, -0.1) is 10.2 Å². The number of alkyl halides is 3. The van der Waals surface area contributed by atoms with Gasteiger partial charge >= 0.3 is 6.18 Å². The maximum absolute atomic E-state index is 12.9. The maximum atomic E-state index is 12.9. The Morgan fingerprint density at radius 1 is 0.926 bits per heavy atom. The molecule has 0 saturated heterocycles. The molecule has 142 valence electrons. The molecule has 0 N–H and O–H groups in total. The van der Waals surface area contributed by atoms with Crippen molar-refractivity contribution in [3.05, 3.63) is 60.5 Å². The van der Waals surface area contributed by atoms with E-state index >= 15 is 0 Å². The quantitative estimate of drug-likeness (QED) is 0.517. The molecule has 0 spiro atoms. The molecule has 0 bridgehead atoms. The van der Waals surface area contributed by atoms with Gasteiger partial charge in [0.15, 0.2) is 0 Å². The van der Waals surface area contributed by atoms with Gasteiger partial charge in [-0.25, -0.2) is 0 Å². The monoisotopic (exact) mass is 378 g/mol. The van der Waals surface area contributed by atoms with Crippen LogP contribution in [0.25, 0.3) is 11.5 Å². The second kappa shape index (κ2) is 8.57. The first-order valence-corrected chi connectivity index (χ1v) is 8.32. The molecule has 27 heavy (non-hydrogen) atoms. The molecular weight excluding hydrogens is 361 g/mol. The largest absolute Gasteiger partial charge is 0.494 e. The molecule has 0 aliphatic heterocycles. The number of nitrogens with zero attached hydrogens (tertiary/aromatic N) is 2. The molecule has 0 saturated carbocycles. The predicted molar refractivity (Wildman–Crippen MR) is 91.4 cm³/mol. The fourth-order valence-corrected chi connectivity index (χ4v) is 2.42. The fraction of sp³-hybridized carbons (Fsp3) is 0.263. The standard InChI is InChI=1S/C19H17F3N2O3/c20-19(21,22)16-8-1-2-9-17(16)26-11-4-3-10-25-15-7-5-6-14(12-15)18-24-23-13-27-18/h1-2,5-9,12-13H,3-4,10-11H2. The zero-order chi connectivity index (χ0) is 19.1. The molecule has 0 aliphatic rings. The van der Waals surface area contributed by atoms with Crippen molar-refractivity contribution in [3.8, 4) is 23.0 Å². The molecule has 1 aromatic heterocycles. The lowest BCUT2D eigenvalue weighted by Crippen LogP contribution is -2.09. The van der Waals surface area contributed by atoms with Gasteiger partial charge in [0.2, 0.25) is 12.3 Å². The van der Waals surface area contributed by atoms with Gasteiger partial charge in [-0.1, -0.05) is 18.2 Å². The number of unbranched alkanes of at least 4 members (excludes halogenated alkanes) is 1. The fourth-order valence-electron chi connectivity index (χ4n) is 2.42. The van der Waals surface area contributed by atoms with Crippen molar-refractivity contribution in [1.82, 2.24) is 10.2 Å². The Morgan fingerprint density at radius 2 is 1.70 bits per heavy atom. The van der Waals surface area contributed by atoms with Crippen LogP contribution in [0.1, 0.15) is 18.4 Å². The smallest absolute Gasteiger partial charge is 0.419 e. The van der Waals surface area contributed by atoms with Crippen LogP contribution < -0.4 is 9.47 Å². The van der Waals surface area contributed by atoms with E-state index < -0.39 is 11.7 Å². The molecular formula is C19H17F3N2O3. The third-order valence-corrected chi connectivity index (χ3v) is 3.70. The van der Waals surface area contributed by atoms with Crippen molar-refractivity contribution in [1.29, 1.82) is 0 Å². The molecule has 0 fully saturated rings. The van der Waals surface area contributed by atoms with Gasteiger partial charge in [-0.3, -0.25) is 0 Å². The van der Waals surface area contributed by atoms with Crippen molar-refractivity contribution in [2.24, 2.45) is 0 Å². The zero-order valence-electron chi connectivity index (χ0n) is 14.3. The SMILES string of the molecule is FC(F)(F)c1ccccc1OCCCCOc1cccc(-c2nnco2)c1. The Kier molecular flexibility index (Phi) is 5.95. The highest BCUT2D eigenvalue weighted by atomic mass is 19.4. The Balaban J connectivity index is 1.43. The van der Waals surface area contributed by atoms with Crippen LogP contribution in [0.5, 0.6) is 11.5 Å². The molecule has 5 nitrogen and oxygen atoms in total. The van der Waals surface area contributed by atoms with Gasteiger partial charge in [0.25, 0.3) is 0 Å². The summed E-state index contributed by atoms with van der Waals surface area (Å²) in [7, 11) is 0. The summed E-state index contributed by atoms with van der Waals surface area (Å²) in [6.07, 6.45) is -1.97. The first-order chi connectivity index (χ1) is 13.0. The second-order valence-electron chi connectivity index (χ2n) is 5.67. The summed E-state index contributed by atoms with van der Waals surface area (Å²) >= 11 is 0. The number of benzene rings is 2. The number of hydrogen-bond donors (Lipinski definition) is 0. The van der Waals surface area contributed by atoms with Crippen molar-refractivity contribution in [3.63, 3.8) is 0 Å². The summed E-state index contributed by atoms with van der Waals surface area (Å²) in [5.41, 5.74) is -0.0174. The van der Waals surface area contributed by atoms with Gasteiger partial charge in [-0.2, -0.15) is 13.2 Å². The van der Waals surface area contributed by atoms with Crippen LogP contribution in [0, 0.1) is 0 Å². The summed E-state index contributed by atoms with van der Waals surface area (Å²) in [6.45, 7) is 0.593. The molecule has 0 radical (unpaired) electrons. The number of rotatable bonds is 8. The van der Waals surface area contributed by atoms with E-state index in [0.29, 0.717) is 31.1 Å². The van der Waals surface area contributed by atoms with Crippen LogP contribution in [0.4, 0.5) is 13.2 Å². The molecule has 0 amide bonds. The zero-order valence-corrected chi connectivity index (χ0v) is 14.3. The summed E-state index contributed by atoms with van der Waals surface area (Å²) < 4.78 is 54.7. The normalized spacial score (nSPS) is 11.4. The van der Waals surface area contributed by atoms with Crippen LogP contribution in [-0.2, 0) is 6.18 Å². The Morgan fingerprint density at radius 3 is 2.44 bits per heavy atom. The van der Waals surface area contributed by atoms with Crippen LogP contribution in [0.2, 0.25) is 0 Å². The van der Waals surface area contributed by atoms with Gasteiger partial charge in [-0.05, 0) is 43.2 Å². The lowest BCUT2D eigenvalue weighted by molar-refractivity contribution is -0.138. The highest BCUT2D eigenvalue weighted by Crippen LogP contribution is 2.35. The third kappa shape index (κ3) is 5.22. The minimum Gasteiger partial charge on any atom is -0.494 e. The van der Waals surface area contributed by atoms with E-state index in [0.717, 1.165) is 11.6 Å². The van der Waals surface area contributed by atoms with Crippen LogP contribution in [0.3, 0.4) is 0 Å². The van der Waals surface area contributed by atoms with Crippen LogP contribution in [-0.4, -0.2) is 23.4 Å². The van der Waals surface area contributed by atoms with E-state index in [2.05, 4.69) is 10.2 Å². The molecule has 8 heteroatoms. The van der Waals surface area contributed by atoms with Gasteiger partial charge < -0.3 is 13.9 Å². The van der Waals surface area contributed by atoms with Crippen molar-refractivity contribution >= 4 is 0 Å². The van der Waals surface area contributed by atoms with Gasteiger partial charge in [0, 0.05) is 5.56 Å². The molecule has 0 aliphatic carbocycles. The number of para-hydroxylation sites is 1. The van der Waals surface area contributed by atoms with Gasteiger partial charge in [0.05, 0.1) is 18.8 Å². The first-order valence-electron chi connectivity index (χ1n) is 8.32. The summed E-state index contributed by atoms with van der Waals surface area (Å²) in [6, 6.07) is 12.4. The summed E-state index contributed by atoms with van der Waals surface area (Å²) in [5.74, 6) is 0.893.